The summed E-state index contributed by atoms with van der Waals surface area (Å²) in [6.45, 7) is 4.21. The minimum absolute atomic E-state index is 0. The molecule has 0 radical (unpaired) electrons. The van der Waals surface area contributed by atoms with Crippen molar-refractivity contribution in [3.05, 3.63) is 70.8 Å². The molecule has 0 spiro atoms. The first kappa shape index (κ1) is 20.4. The molecule has 0 aromatic heterocycles. The Labute approximate surface area is 161 Å². The summed E-state index contributed by atoms with van der Waals surface area (Å²) < 4.78 is 5.25. The lowest BCUT2D eigenvalue weighted by Crippen LogP contribution is -2.36. The van der Waals surface area contributed by atoms with Crippen LogP contribution in [0.5, 0.6) is 0 Å². The highest BCUT2D eigenvalue weighted by Crippen LogP contribution is 2.09. The predicted molar refractivity (Wildman–Crippen MR) is 111 cm³/mol. The predicted octanol–water partition coefficient (Wildman–Crippen LogP) is 3.62. The van der Waals surface area contributed by atoms with Gasteiger partial charge in [0.2, 0.25) is 0 Å². The van der Waals surface area contributed by atoms with Gasteiger partial charge in [0, 0.05) is 27.2 Å². The van der Waals surface area contributed by atoms with Crippen molar-refractivity contribution in [3.63, 3.8) is 0 Å². The minimum Gasteiger partial charge on any atom is -0.380 e. The third-order valence-electron chi connectivity index (χ3n) is 3.80. The Kier molecular flexibility index (Phi) is 9.41. The summed E-state index contributed by atoms with van der Waals surface area (Å²) in [5.74, 6) is 0.792. The van der Waals surface area contributed by atoms with Gasteiger partial charge in [0.05, 0.1) is 6.61 Å². The summed E-state index contributed by atoms with van der Waals surface area (Å²) >= 11 is 0. The lowest BCUT2D eigenvalue weighted by Gasteiger charge is -2.15. The largest absolute Gasteiger partial charge is 0.380 e. The summed E-state index contributed by atoms with van der Waals surface area (Å²) in [5, 5.41) is 6.71. The van der Waals surface area contributed by atoms with Crippen LogP contribution >= 0.6 is 24.0 Å². The number of aryl methyl sites for hydroxylation is 1. The van der Waals surface area contributed by atoms with Crippen molar-refractivity contribution in [3.8, 4) is 0 Å². The van der Waals surface area contributed by atoms with Crippen molar-refractivity contribution < 1.29 is 4.74 Å². The summed E-state index contributed by atoms with van der Waals surface area (Å²) in [6.07, 6.45) is 0. The first-order valence-corrected chi connectivity index (χ1v) is 7.79. The third kappa shape index (κ3) is 6.13. The van der Waals surface area contributed by atoms with Crippen LogP contribution in [0, 0.1) is 6.92 Å². The molecule has 24 heavy (non-hydrogen) atoms. The number of ether oxygens (including phenoxy) is 1. The lowest BCUT2D eigenvalue weighted by atomic mass is 10.1. The molecule has 4 nitrogen and oxygen atoms in total. The van der Waals surface area contributed by atoms with E-state index in [1.807, 2.05) is 12.1 Å². The second-order valence-electron chi connectivity index (χ2n) is 5.41. The van der Waals surface area contributed by atoms with Crippen LogP contribution in [0.1, 0.15) is 22.3 Å². The van der Waals surface area contributed by atoms with Gasteiger partial charge in [-0.05, 0) is 29.2 Å². The maximum atomic E-state index is 5.25. The molecule has 0 aliphatic heterocycles. The minimum atomic E-state index is 0. The average molecular weight is 439 g/mol. The molecule has 0 amide bonds. The number of benzene rings is 2. The molecule has 0 saturated heterocycles. The standard InChI is InChI=1S/C19H25N3O.HI/c1-15-8-4-5-9-16(15)12-21-19(20-2)22-13-17-10-6-7-11-18(17)14-23-3;/h4-11H,12-14H2,1-3H3,(H2,20,21,22);1H. The lowest BCUT2D eigenvalue weighted by molar-refractivity contribution is 0.184. The van der Waals surface area contributed by atoms with Crippen molar-refractivity contribution >= 4 is 29.9 Å². The zero-order valence-electron chi connectivity index (χ0n) is 14.5. The zero-order valence-corrected chi connectivity index (χ0v) is 16.8. The van der Waals surface area contributed by atoms with Gasteiger partial charge in [0.25, 0.3) is 0 Å². The van der Waals surface area contributed by atoms with Crippen LogP contribution in [0.15, 0.2) is 53.5 Å². The maximum absolute atomic E-state index is 5.25. The van der Waals surface area contributed by atoms with E-state index in [4.69, 9.17) is 4.74 Å². The Balaban J connectivity index is 0.00000288. The van der Waals surface area contributed by atoms with Gasteiger partial charge < -0.3 is 15.4 Å². The van der Waals surface area contributed by atoms with Crippen molar-refractivity contribution in [1.82, 2.24) is 10.6 Å². The van der Waals surface area contributed by atoms with Gasteiger partial charge in [-0.1, -0.05) is 48.5 Å². The normalized spacial score (nSPS) is 10.9. The van der Waals surface area contributed by atoms with Gasteiger partial charge in [0.15, 0.2) is 5.96 Å². The quantitative estimate of drug-likeness (QED) is 0.411. The molecular formula is C19H26IN3O. The van der Waals surface area contributed by atoms with Gasteiger partial charge in [-0.25, -0.2) is 0 Å². The number of hydrogen-bond donors (Lipinski definition) is 2. The van der Waals surface area contributed by atoms with E-state index >= 15 is 0 Å². The monoisotopic (exact) mass is 439 g/mol. The first-order valence-electron chi connectivity index (χ1n) is 7.79. The molecule has 0 heterocycles. The van der Waals surface area contributed by atoms with E-state index in [9.17, 15) is 0 Å². The number of aliphatic imine (C=N–C) groups is 1. The van der Waals surface area contributed by atoms with Crippen molar-refractivity contribution in [2.45, 2.75) is 26.6 Å². The fraction of sp³-hybridized carbons (Fsp3) is 0.316. The fourth-order valence-electron chi connectivity index (χ4n) is 2.41. The van der Waals surface area contributed by atoms with Crippen LogP contribution < -0.4 is 10.6 Å². The third-order valence-corrected chi connectivity index (χ3v) is 3.80. The Hall–Kier alpha value is -1.60. The van der Waals surface area contributed by atoms with E-state index in [-0.39, 0.29) is 24.0 Å². The molecule has 0 aliphatic rings. The topological polar surface area (TPSA) is 45.7 Å². The highest BCUT2D eigenvalue weighted by Gasteiger charge is 2.04. The summed E-state index contributed by atoms with van der Waals surface area (Å²) in [5.41, 5.74) is 4.96. The zero-order chi connectivity index (χ0) is 16.5. The first-order chi connectivity index (χ1) is 11.2. The van der Waals surface area contributed by atoms with Crippen LogP contribution in [0.3, 0.4) is 0 Å². The molecule has 130 valence electrons. The van der Waals surface area contributed by atoms with Crippen molar-refractivity contribution in [2.75, 3.05) is 14.2 Å². The van der Waals surface area contributed by atoms with Gasteiger partial charge in [-0.2, -0.15) is 0 Å². The number of nitrogens with one attached hydrogen (secondary N) is 2. The molecule has 2 rings (SSSR count). The van der Waals surface area contributed by atoms with E-state index in [1.165, 1.54) is 22.3 Å². The van der Waals surface area contributed by atoms with E-state index < -0.39 is 0 Å². The number of halogens is 1. The van der Waals surface area contributed by atoms with E-state index in [0.717, 1.165) is 12.5 Å². The van der Waals surface area contributed by atoms with Crippen molar-refractivity contribution in [2.24, 2.45) is 4.99 Å². The van der Waals surface area contributed by atoms with Crippen LogP contribution in [-0.2, 0) is 24.4 Å². The molecule has 2 aromatic carbocycles. The SMILES string of the molecule is CN=C(NCc1ccccc1C)NCc1ccccc1COC.I. The van der Waals surface area contributed by atoms with Gasteiger partial charge in [-0.3, -0.25) is 4.99 Å². The number of methoxy groups -OCH3 is 1. The molecule has 0 fully saturated rings. The summed E-state index contributed by atoms with van der Waals surface area (Å²) in [6, 6.07) is 16.6. The van der Waals surface area contributed by atoms with Crippen LogP contribution in [0.2, 0.25) is 0 Å². The number of guanidine groups is 1. The molecule has 0 bridgehead atoms. The fourth-order valence-corrected chi connectivity index (χ4v) is 2.41. The van der Waals surface area contributed by atoms with Gasteiger partial charge >= 0.3 is 0 Å². The Morgan fingerprint density at radius 1 is 0.917 bits per heavy atom. The summed E-state index contributed by atoms with van der Waals surface area (Å²) in [7, 11) is 3.50. The number of rotatable bonds is 6. The van der Waals surface area contributed by atoms with Crippen LogP contribution in [-0.4, -0.2) is 20.1 Å². The second kappa shape index (κ2) is 11.0. The molecular weight excluding hydrogens is 413 g/mol. The Morgan fingerprint density at radius 3 is 2.04 bits per heavy atom. The molecule has 0 aliphatic carbocycles. The Bertz CT molecular complexity index is 659. The van der Waals surface area contributed by atoms with Gasteiger partial charge in [-0.15, -0.1) is 24.0 Å². The second-order valence-corrected chi connectivity index (χ2v) is 5.41. The molecule has 0 saturated carbocycles. The van der Waals surface area contributed by atoms with Crippen molar-refractivity contribution in [1.29, 1.82) is 0 Å². The highest BCUT2D eigenvalue weighted by molar-refractivity contribution is 14.0. The van der Waals surface area contributed by atoms with Gasteiger partial charge in [0.1, 0.15) is 0 Å². The van der Waals surface area contributed by atoms with Crippen LogP contribution in [0.4, 0.5) is 0 Å². The molecule has 2 aromatic rings. The van der Waals surface area contributed by atoms with Crippen LogP contribution in [0.25, 0.3) is 0 Å². The Morgan fingerprint density at radius 2 is 1.46 bits per heavy atom. The van der Waals surface area contributed by atoms with E-state index in [0.29, 0.717) is 13.2 Å². The molecule has 5 heteroatoms. The summed E-state index contributed by atoms with van der Waals surface area (Å²) in [4.78, 5) is 4.29. The number of nitrogens with zero attached hydrogens (tertiary/aromatic N) is 1. The highest BCUT2D eigenvalue weighted by atomic mass is 127. The van der Waals surface area contributed by atoms with E-state index in [2.05, 4.69) is 58.9 Å². The molecule has 0 unspecified atom stereocenters. The maximum Gasteiger partial charge on any atom is 0.191 e. The number of hydrogen-bond acceptors (Lipinski definition) is 2. The smallest absolute Gasteiger partial charge is 0.191 e. The molecule has 2 N–H and O–H groups in total. The van der Waals surface area contributed by atoms with E-state index in [1.54, 1.807) is 14.2 Å². The molecule has 0 atom stereocenters. The average Bonchev–Trinajstić information content (AvgIpc) is 2.58.